The molecule has 0 aliphatic carbocycles. The first-order chi connectivity index (χ1) is 14.9. The summed E-state index contributed by atoms with van der Waals surface area (Å²) in [6.07, 6.45) is 1.39. The summed E-state index contributed by atoms with van der Waals surface area (Å²) in [5.74, 6) is 0.382. The molecule has 3 amide bonds. The first-order valence-electron chi connectivity index (χ1n) is 8.92. The lowest BCUT2D eigenvalue weighted by Crippen LogP contribution is -2.30. The molecule has 3 aromatic rings. The molecule has 0 atom stereocenters. The predicted molar refractivity (Wildman–Crippen MR) is 113 cm³/mol. The highest BCUT2D eigenvalue weighted by atomic mass is 35.5. The SMILES string of the molecule is COc1cc([N+](=O)[O-])ccc1-c1ccc(/C=C2/NC(=O)N(c3cccc(Cl)c3)C2=O)o1. The van der Waals surface area contributed by atoms with E-state index in [1.807, 2.05) is 0 Å². The van der Waals surface area contributed by atoms with Crippen molar-refractivity contribution in [3.8, 4) is 17.1 Å². The molecule has 2 aromatic carbocycles. The second-order valence-electron chi connectivity index (χ2n) is 6.45. The molecule has 10 heteroatoms. The molecule has 1 saturated heterocycles. The van der Waals surface area contributed by atoms with Gasteiger partial charge in [0.25, 0.3) is 11.6 Å². The van der Waals surface area contributed by atoms with Crippen LogP contribution in [0.2, 0.25) is 5.02 Å². The lowest BCUT2D eigenvalue weighted by atomic mass is 10.1. The van der Waals surface area contributed by atoms with E-state index < -0.39 is 16.9 Å². The van der Waals surface area contributed by atoms with E-state index in [2.05, 4.69) is 5.32 Å². The highest BCUT2D eigenvalue weighted by Gasteiger charge is 2.35. The molecule has 31 heavy (non-hydrogen) atoms. The second kappa shape index (κ2) is 7.96. The summed E-state index contributed by atoms with van der Waals surface area (Å²) >= 11 is 5.95. The lowest BCUT2D eigenvalue weighted by Gasteiger charge is -2.11. The first-order valence-corrected chi connectivity index (χ1v) is 9.30. The Balaban J connectivity index is 1.63. The number of benzene rings is 2. The minimum Gasteiger partial charge on any atom is -0.496 e. The molecule has 0 unspecified atom stereocenters. The summed E-state index contributed by atoms with van der Waals surface area (Å²) in [6, 6.07) is 13.1. The van der Waals surface area contributed by atoms with Crippen LogP contribution in [0.1, 0.15) is 5.76 Å². The Labute approximate surface area is 180 Å². The van der Waals surface area contributed by atoms with E-state index in [9.17, 15) is 19.7 Å². The van der Waals surface area contributed by atoms with Crippen molar-refractivity contribution >= 4 is 41.0 Å². The average Bonchev–Trinajstić information content (AvgIpc) is 3.31. The van der Waals surface area contributed by atoms with Crippen LogP contribution in [-0.2, 0) is 4.79 Å². The van der Waals surface area contributed by atoms with E-state index in [4.69, 9.17) is 20.8 Å². The van der Waals surface area contributed by atoms with Crippen LogP contribution >= 0.6 is 11.6 Å². The Bertz CT molecular complexity index is 1250. The second-order valence-corrected chi connectivity index (χ2v) is 6.89. The number of imide groups is 1. The molecule has 2 heterocycles. The van der Waals surface area contributed by atoms with E-state index in [0.717, 1.165) is 4.90 Å². The highest BCUT2D eigenvalue weighted by Crippen LogP contribution is 2.35. The average molecular weight is 440 g/mol. The van der Waals surface area contributed by atoms with Gasteiger partial charge in [-0.3, -0.25) is 14.9 Å². The number of halogens is 1. The van der Waals surface area contributed by atoms with Crippen molar-refractivity contribution in [1.82, 2.24) is 5.32 Å². The number of non-ortho nitro benzene ring substituents is 1. The molecule has 4 rings (SSSR count). The first kappa shape index (κ1) is 20.2. The number of hydrogen-bond donors (Lipinski definition) is 1. The normalized spacial score (nSPS) is 14.8. The quantitative estimate of drug-likeness (QED) is 0.268. The minimum absolute atomic E-state index is 0.0292. The molecular weight excluding hydrogens is 426 g/mol. The molecule has 1 aliphatic heterocycles. The maximum atomic E-state index is 12.7. The van der Waals surface area contributed by atoms with Crippen LogP contribution in [0.4, 0.5) is 16.2 Å². The van der Waals surface area contributed by atoms with Crippen molar-refractivity contribution in [3.05, 3.63) is 81.2 Å². The van der Waals surface area contributed by atoms with Gasteiger partial charge >= 0.3 is 6.03 Å². The van der Waals surface area contributed by atoms with Crippen LogP contribution in [0.25, 0.3) is 17.4 Å². The van der Waals surface area contributed by atoms with Gasteiger partial charge in [-0.05, 0) is 36.4 Å². The van der Waals surface area contributed by atoms with Crippen LogP contribution in [0.3, 0.4) is 0 Å². The molecular formula is C21H14ClN3O6. The molecule has 1 aromatic heterocycles. The number of nitrogens with zero attached hydrogens (tertiary/aromatic N) is 2. The fourth-order valence-corrected chi connectivity index (χ4v) is 3.28. The van der Waals surface area contributed by atoms with Crippen molar-refractivity contribution in [2.75, 3.05) is 12.0 Å². The van der Waals surface area contributed by atoms with E-state index in [0.29, 0.717) is 27.8 Å². The Kier molecular flexibility index (Phi) is 5.18. The maximum Gasteiger partial charge on any atom is 0.333 e. The van der Waals surface area contributed by atoms with Crippen molar-refractivity contribution in [1.29, 1.82) is 0 Å². The lowest BCUT2D eigenvalue weighted by molar-refractivity contribution is -0.384. The number of anilines is 1. The molecule has 0 saturated carbocycles. The maximum absolute atomic E-state index is 12.7. The van der Waals surface area contributed by atoms with Gasteiger partial charge in [0.1, 0.15) is 23.0 Å². The number of rotatable bonds is 5. The number of carbonyl (C=O) groups excluding carboxylic acids is 2. The Hall–Kier alpha value is -4.11. The number of ether oxygens (including phenoxy) is 1. The number of hydrogen-bond acceptors (Lipinski definition) is 6. The minimum atomic E-state index is -0.609. The standard InChI is InChI=1S/C21H14ClN3O6/c1-30-19-10-14(25(28)29)5-7-16(19)18-8-6-15(31-18)11-17-20(26)24(21(27)23-17)13-4-2-3-12(22)9-13/h2-11H,1H3,(H,23,27)/b17-11+. The van der Waals surface area contributed by atoms with Crippen molar-refractivity contribution in [3.63, 3.8) is 0 Å². The smallest absolute Gasteiger partial charge is 0.333 e. The van der Waals surface area contributed by atoms with Crippen LogP contribution in [0, 0.1) is 10.1 Å². The zero-order valence-corrected chi connectivity index (χ0v) is 16.8. The van der Waals surface area contributed by atoms with Gasteiger partial charge < -0.3 is 14.5 Å². The summed E-state index contributed by atoms with van der Waals surface area (Å²) in [4.78, 5) is 36.4. The largest absolute Gasteiger partial charge is 0.496 e. The van der Waals surface area contributed by atoms with Gasteiger partial charge in [-0.25, -0.2) is 9.69 Å². The molecule has 156 valence electrons. The van der Waals surface area contributed by atoms with E-state index in [1.165, 1.54) is 37.5 Å². The third-order valence-electron chi connectivity index (χ3n) is 4.52. The van der Waals surface area contributed by atoms with Crippen LogP contribution in [-0.4, -0.2) is 24.0 Å². The molecule has 9 nitrogen and oxygen atoms in total. The van der Waals surface area contributed by atoms with Gasteiger partial charge in [0, 0.05) is 17.2 Å². The molecule has 1 fully saturated rings. The van der Waals surface area contributed by atoms with Gasteiger partial charge in [-0.15, -0.1) is 0 Å². The summed E-state index contributed by atoms with van der Waals surface area (Å²) in [7, 11) is 1.39. The van der Waals surface area contributed by atoms with Crippen molar-refractivity contribution < 1.29 is 23.7 Å². The molecule has 1 N–H and O–H groups in total. The number of furan rings is 1. The number of amides is 3. The molecule has 0 spiro atoms. The summed E-state index contributed by atoms with van der Waals surface area (Å²) in [5.41, 5.74) is 0.755. The zero-order chi connectivity index (χ0) is 22.1. The van der Waals surface area contributed by atoms with Gasteiger partial charge in [0.15, 0.2) is 0 Å². The predicted octanol–water partition coefficient (Wildman–Crippen LogP) is 4.61. The summed E-state index contributed by atoms with van der Waals surface area (Å²) < 4.78 is 11.0. The van der Waals surface area contributed by atoms with E-state index in [1.54, 1.807) is 30.3 Å². The van der Waals surface area contributed by atoms with E-state index >= 15 is 0 Å². The monoisotopic (exact) mass is 439 g/mol. The summed E-state index contributed by atoms with van der Waals surface area (Å²) in [6.45, 7) is 0. The van der Waals surface area contributed by atoms with Crippen molar-refractivity contribution in [2.24, 2.45) is 0 Å². The third-order valence-corrected chi connectivity index (χ3v) is 4.75. The van der Waals surface area contributed by atoms with Gasteiger partial charge in [0.2, 0.25) is 0 Å². The fraction of sp³-hybridized carbons (Fsp3) is 0.0476. The number of methoxy groups -OCH3 is 1. The number of nitro groups is 1. The van der Waals surface area contributed by atoms with Crippen LogP contribution < -0.4 is 15.0 Å². The molecule has 1 aliphatic rings. The number of nitrogens with one attached hydrogen (secondary N) is 1. The number of carbonyl (C=O) groups is 2. The van der Waals surface area contributed by atoms with E-state index in [-0.39, 0.29) is 17.1 Å². The van der Waals surface area contributed by atoms with Gasteiger partial charge in [-0.2, -0.15) is 0 Å². The zero-order valence-electron chi connectivity index (χ0n) is 16.0. The fourth-order valence-electron chi connectivity index (χ4n) is 3.10. The van der Waals surface area contributed by atoms with Gasteiger partial charge in [-0.1, -0.05) is 17.7 Å². The molecule has 0 bridgehead atoms. The van der Waals surface area contributed by atoms with Crippen LogP contribution in [0.5, 0.6) is 5.75 Å². The Morgan fingerprint density at radius 1 is 1.16 bits per heavy atom. The Morgan fingerprint density at radius 3 is 2.68 bits per heavy atom. The van der Waals surface area contributed by atoms with Gasteiger partial charge in [0.05, 0.1) is 29.4 Å². The van der Waals surface area contributed by atoms with Crippen molar-refractivity contribution in [2.45, 2.75) is 0 Å². The summed E-state index contributed by atoms with van der Waals surface area (Å²) in [5, 5.41) is 13.9. The number of urea groups is 1. The van der Waals surface area contributed by atoms with Crippen LogP contribution in [0.15, 0.2) is 64.7 Å². The highest BCUT2D eigenvalue weighted by molar-refractivity contribution is 6.32. The topological polar surface area (TPSA) is 115 Å². The third kappa shape index (κ3) is 3.86. The Morgan fingerprint density at radius 2 is 1.97 bits per heavy atom. The number of nitro benzene ring substituents is 1. The molecule has 0 radical (unpaired) electrons.